The number of alkyl halides is 3. The largest absolute Gasteiger partial charge is 0.497 e. The van der Waals surface area contributed by atoms with Crippen molar-refractivity contribution in [2.75, 3.05) is 7.11 Å². The van der Waals surface area contributed by atoms with E-state index in [-0.39, 0.29) is 12.2 Å². The van der Waals surface area contributed by atoms with E-state index in [1.807, 2.05) is 0 Å². The van der Waals surface area contributed by atoms with Crippen molar-refractivity contribution >= 4 is 33.8 Å². The lowest BCUT2D eigenvalue weighted by Gasteiger charge is -2.14. The molecule has 3 rings (SSSR count). The summed E-state index contributed by atoms with van der Waals surface area (Å²) in [4.78, 5) is 11.5. The fourth-order valence-electron chi connectivity index (χ4n) is 2.94. The average molecular weight is 527 g/mol. The molecule has 0 aliphatic rings. The third-order valence-electron chi connectivity index (χ3n) is 4.52. The lowest BCUT2D eigenvalue weighted by molar-refractivity contribution is -0.137. The summed E-state index contributed by atoms with van der Waals surface area (Å²) in [5, 5.41) is 2.79. The van der Waals surface area contributed by atoms with E-state index in [0.29, 0.717) is 23.4 Å². The second-order valence-electron chi connectivity index (χ2n) is 7.04. The number of benzene rings is 3. The molecule has 0 aromatic heterocycles. The minimum Gasteiger partial charge on any atom is -0.497 e. The van der Waals surface area contributed by atoms with E-state index in [9.17, 15) is 26.4 Å². The molecule has 0 unspecified atom stereocenters. The van der Waals surface area contributed by atoms with Gasteiger partial charge < -0.3 is 8.92 Å². The van der Waals surface area contributed by atoms with Crippen LogP contribution in [0.3, 0.4) is 0 Å². The molecule has 3 aromatic carbocycles. The molecule has 3 aromatic rings. The number of hydrogen-bond acceptors (Lipinski definition) is 6. The van der Waals surface area contributed by atoms with Crippen LogP contribution in [0, 0.1) is 0 Å². The van der Waals surface area contributed by atoms with Crippen molar-refractivity contribution in [2.24, 2.45) is 5.10 Å². The summed E-state index contributed by atoms with van der Waals surface area (Å²) in [7, 11) is -3.14. The Morgan fingerprint density at radius 3 is 2.40 bits per heavy atom. The van der Waals surface area contributed by atoms with Crippen LogP contribution in [0.2, 0.25) is 5.02 Å². The molecule has 0 aliphatic carbocycles. The van der Waals surface area contributed by atoms with Crippen LogP contribution in [0.15, 0.2) is 76.7 Å². The summed E-state index contributed by atoms with van der Waals surface area (Å²) in [5.41, 5.74) is 0.995. The molecule has 0 aliphatic heterocycles. The smallest absolute Gasteiger partial charge is 0.417 e. The van der Waals surface area contributed by atoms with Crippen molar-refractivity contribution in [2.45, 2.75) is 17.5 Å². The van der Waals surface area contributed by atoms with E-state index >= 15 is 0 Å². The summed E-state index contributed by atoms with van der Waals surface area (Å²) in [6, 6.07) is 15.2. The number of methoxy groups -OCH3 is 1. The zero-order valence-corrected chi connectivity index (χ0v) is 19.6. The van der Waals surface area contributed by atoms with Gasteiger partial charge in [0, 0.05) is 5.56 Å². The minimum atomic E-state index is -4.86. The molecule has 1 N–H and O–H groups in total. The first-order valence-electron chi connectivity index (χ1n) is 9.85. The third-order valence-corrected chi connectivity index (χ3v) is 6.13. The first-order chi connectivity index (χ1) is 16.5. The molecule has 184 valence electrons. The van der Waals surface area contributed by atoms with Gasteiger partial charge >= 0.3 is 16.3 Å². The zero-order valence-electron chi connectivity index (χ0n) is 18.0. The molecule has 12 heteroatoms. The van der Waals surface area contributed by atoms with Gasteiger partial charge in [0.25, 0.3) is 0 Å². The standard InChI is InChI=1S/C23H18ClF3N2O5S/c1-33-18-9-5-6-15(10-18)11-22(30)29-28-14-16-12-19(23(25,26)27)20(24)13-21(16)35(31,32)34-17-7-3-2-4-8-17/h2-10,12-14H,11H2,1H3,(H,29,30). The molecule has 0 fully saturated rings. The van der Waals surface area contributed by atoms with Crippen LogP contribution in [0.1, 0.15) is 16.7 Å². The van der Waals surface area contributed by atoms with Crippen LogP contribution in [-0.2, 0) is 27.5 Å². The number of hydrazone groups is 1. The monoisotopic (exact) mass is 526 g/mol. The lowest BCUT2D eigenvalue weighted by atomic mass is 10.1. The molecule has 35 heavy (non-hydrogen) atoms. The van der Waals surface area contributed by atoms with Crippen LogP contribution in [0.5, 0.6) is 11.5 Å². The first kappa shape index (κ1) is 26.0. The Balaban J connectivity index is 1.89. The molecule has 0 saturated carbocycles. The van der Waals surface area contributed by atoms with Gasteiger partial charge in [-0.2, -0.15) is 26.7 Å². The lowest BCUT2D eigenvalue weighted by Crippen LogP contribution is -2.20. The Morgan fingerprint density at radius 1 is 1.06 bits per heavy atom. The molecular formula is C23H18ClF3N2O5S. The Morgan fingerprint density at radius 2 is 1.74 bits per heavy atom. The predicted molar refractivity (Wildman–Crippen MR) is 123 cm³/mol. The zero-order chi connectivity index (χ0) is 25.6. The highest BCUT2D eigenvalue weighted by molar-refractivity contribution is 7.87. The summed E-state index contributed by atoms with van der Waals surface area (Å²) in [6.07, 6.45) is -4.20. The highest BCUT2D eigenvalue weighted by Gasteiger charge is 2.35. The number of rotatable bonds is 8. The number of nitrogens with one attached hydrogen (secondary N) is 1. The maximum Gasteiger partial charge on any atom is 0.417 e. The van der Waals surface area contributed by atoms with Crippen molar-refractivity contribution in [3.8, 4) is 11.5 Å². The van der Waals surface area contributed by atoms with Crippen molar-refractivity contribution < 1.29 is 35.3 Å². The molecule has 1 amide bonds. The number of halogens is 4. The van der Waals surface area contributed by atoms with Gasteiger partial charge in [0.15, 0.2) is 0 Å². The van der Waals surface area contributed by atoms with Gasteiger partial charge in [0.05, 0.1) is 30.3 Å². The number of carbonyl (C=O) groups is 1. The maximum atomic E-state index is 13.4. The summed E-state index contributed by atoms with van der Waals surface area (Å²) >= 11 is 5.73. The number of amides is 1. The first-order valence-corrected chi connectivity index (χ1v) is 11.6. The Bertz CT molecular complexity index is 1350. The van der Waals surface area contributed by atoms with E-state index < -0.39 is 43.2 Å². The summed E-state index contributed by atoms with van der Waals surface area (Å²) in [5.74, 6) is -0.115. The van der Waals surface area contributed by atoms with E-state index in [0.717, 1.165) is 6.21 Å². The van der Waals surface area contributed by atoms with E-state index in [2.05, 4.69) is 10.5 Å². The number of ether oxygens (including phenoxy) is 1. The molecular weight excluding hydrogens is 509 g/mol. The van der Waals surface area contributed by atoms with Crippen molar-refractivity contribution in [3.63, 3.8) is 0 Å². The van der Waals surface area contributed by atoms with Gasteiger partial charge in [-0.25, -0.2) is 5.43 Å². The summed E-state index contributed by atoms with van der Waals surface area (Å²) in [6.45, 7) is 0. The second kappa shape index (κ2) is 10.8. The molecule has 0 saturated heterocycles. The van der Waals surface area contributed by atoms with Crippen LogP contribution in [0.25, 0.3) is 0 Å². The molecule has 7 nitrogen and oxygen atoms in total. The minimum absolute atomic E-state index is 0.0574. The molecule has 0 atom stereocenters. The average Bonchev–Trinajstić information content (AvgIpc) is 2.79. The van der Waals surface area contributed by atoms with Crippen molar-refractivity contribution in [3.05, 3.63) is 88.4 Å². The molecule has 0 radical (unpaired) electrons. The fraction of sp³-hybridized carbons (Fsp3) is 0.130. The second-order valence-corrected chi connectivity index (χ2v) is 8.96. The Labute approximate surface area is 204 Å². The van der Waals surface area contributed by atoms with Crippen LogP contribution >= 0.6 is 11.6 Å². The summed E-state index contributed by atoms with van der Waals surface area (Å²) < 4.78 is 75.8. The van der Waals surface area contributed by atoms with Crippen LogP contribution < -0.4 is 14.3 Å². The highest BCUT2D eigenvalue weighted by Crippen LogP contribution is 2.37. The molecule has 0 heterocycles. The van der Waals surface area contributed by atoms with Gasteiger partial charge in [-0.3, -0.25) is 4.79 Å². The molecule has 0 bridgehead atoms. The number of nitrogens with zero attached hydrogens (tertiary/aromatic N) is 1. The van der Waals surface area contributed by atoms with Gasteiger partial charge in [-0.15, -0.1) is 0 Å². The maximum absolute atomic E-state index is 13.4. The third kappa shape index (κ3) is 6.96. The van der Waals surface area contributed by atoms with Gasteiger partial charge in [-0.1, -0.05) is 41.9 Å². The molecule has 0 spiro atoms. The van der Waals surface area contributed by atoms with Crippen LogP contribution in [0.4, 0.5) is 13.2 Å². The topological polar surface area (TPSA) is 94.1 Å². The van der Waals surface area contributed by atoms with Gasteiger partial charge in [0.2, 0.25) is 5.91 Å². The number of carbonyl (C=O) groups excluding carboxylic acids is 1. The van der Waals surface area contributed by atoms with E-state index in [1.165, 1.54) is 31.4 Å². The predicted octanol–water partition coefficient (Wildman–Crippen LogP) is 4.83. The van der Waals surface area contributed by atoms with E-state index in [1.54, 1.807) is 30.3 Å². The fourth-order valence-corrected chi connectivity index (χ4v) is 4.39. The SMILES string of the molecule is COc1cccc(CC(=O)NN=Cc2cc(C(F)(F)F)c(Cl)cc2S(=O)(=O)Oc2ccccc2)c1. The van der Waals surface area contributed by atoms with Gasteiger partial charge in [-0.05, 0) is 42.0 Å². The number of para-hydroxylation sites is 1. The highest BCUT2D eigenvalue weighted by atomic mass is 35.5. The van der Waals surface area contributed by atoms with Crippen molar-refractivity contribution in [1.29, 1.82) is 0 Å². The number of hydrogen-bond donors (Lipinski definition) is 1. The Hall–Kier alpha value is -3.57. The normalized spacial score (nSPS) is 11.9. The Kier molecular flexibility index (Phi) is 8.03. The van der Waals surface area contributed by atoms with Crippen molar-refractivity contribution in [1.82, 2.24) is 5.43 Å². The van der Waals surface area contributed by atoms with E-state index in [4.69, 9.17) is 20.5 Å². The van der Waals surface area contributed by atoms with Gasteiger partial charge in [0.1, 0.15) is 16.4 Å². The van der Waals surface area contributed by atoms with Crippen LogP contribution in [-0.4, -0.2) is 27.6 Å². The quantitative estimate of drug-likeness (QED) is 0.258.